The number of nitro benzene ring substituents is 1. The van der Waals surface area contributed by atoms with E-state index >= 15 is 0 Å². The first-order valence-corrected chi connectivity index (χ1v) is 5.23. The van der Waals surface area contributed by atoms with Gasteiger partial charge in [0.2, 0.25) is 0 Å². The van der Waals surface area contributed by atoms with Gasteiger partial charge in [0.05, 0.1) is 11.5 Å². The van der Waals surface area contributed by atoms with Crippen LogP contribution in [-0.2, 0) is 11.3 Å². The van der Waals surface area contributed by atoms with Crippen molar-refractivity contribution < 1.29 is 9.66 Å². The number of nitro groups is 1. The van der Waals surface area contributed by atoms with Gasteiger partial charge in [-0.15, -0.1) is 0 Å². The van der Waals surface area contributed by atoms with Crippen LogP contribution in [0.5, 0.6) is 0 Å². The van der Waals surface area contributed by atoms with E-state index in [1.807, 2.05) is 0 Å². The summed E-state index contributed by atoms with van der Waals surface area (Å²) in [6, 6.07) is 4.80. The van der Waals surface area contributed by atoms with Gasteiger partial charge in [-0.2, -0.15) is 0 Å². The standard InChI is InChI=1S/C11H14N2O3/c1-7(2)11-12-10-4-3-9(13(14)15)5-8(10)6-16-11/h3-5,7,11-12H,6H2,1-2H3. The molecule has 5 heteroatoms. The lowest BCUT2D eigenvalue weighted by Crippen LogP contribution is -2.32. The SMILES string of the molecule is CC(C)C1Nc2ccc([N+](=O)[O-])cc2CO1. The van der Waals surface area contributed by atoms with Crippen LogP contribution in [0.1, 0.15) is 19.4 Å². The molecule has 1 heterocycles. The molecule has 86 valence electrons. The number of hydrogen-bond donors (Lipinski definition) is 1. The van der Waals surface area contributed by atoms with Gasteiger partial charge >= 0.3 is 0 Å². The Morgan fingerprint density at radius 3 is 2.94 bits per heavy atom. The molecule has 5 nitrogen and oxygen atoms in total. The Balaban J connectivity index is 2.25. The predicted octanol–water partition coefficient (Wildman–Crippen LogP) is 2.52. The molecule has 1 aromatic rings. The molecule has 0 saturated heterocycles. The van der Waals surface area contributed by atoms with Crippen molar-refractivity contribution in [3.05, 3.63) is 33.9 Å². The lowest BCUT2D eigenvalue weighted by molar-refractivity contribution is -0.385. The van der Waals surface area contributed by atoms with Gasteiger partial charge < -0.3 is 10.1 Å². The highest BCUT2D eigenvalue weighted by Crippen LogP contribution is 2.28. The average Bonchev–Trinajstić information content (AvgIpc) is 2.27. The van der Waals surface area contributed by atoms with Crippen LogP contribution >= 0.6 is 0 Å². The first-order chi connectivity index (χ1) is 7.58. The zero-order valence-corrected chi connectivity index (χ0v) is 9.27. The second-order valence-electron chi connectivity index (χ2n) is 4.22. The van der Waals surface area contributed by atoms with Crippen molar-refractivity contribution >= 4 is 11.4 Å². The fourth-order valence-electron chi connectivity index (χ4n) is 1.69. The van der Waals surface area contributed by atoms with Crippen molar-refractivity contribution in [2.24, 2.45) is 5.92 Å². The summed E-state index contributed by atoms with van der Waals surface area (Å²) >= 11 is 0. The summed E-state index contributed by atoms with van der Waals surface area (Å²) < 4.78 is 5.57. The number of hydrogen-bond acceptors (Lipinski definition) is 4. The zero-order valence-electron chi connectivity index (χ0n) is 9.27. The molecule has 16 heavy (non-hydrogen) atoms. The predicted molar refractivity (Wildman–Crippen MR) is 60.1 cm³/mol. The normalized spacial score (nSPS) is 19.1. The summed E-state index contributed by atoms with van der Waals surface area (Å²) in [5.74, 6) is 0.364. The van der Waals surface area contributed by atoms with Crippen LogP contribution in [0.25, 0.3) is 0 Å². The average molecular weight is 222 g/mol. The number of non-ortho nitro benzene ring substituents is 1. The van der Waals surface area contributed by atoms with Crippen LogP contribution in [-0.4, -0.2) is 11.2 Å². The van der Waals surface area contributed by atoms with Crippen LogP contribution in [0.2, 0.25) is 0 Å². The highest BCUT2D eigenvalue weighted by molar-refractivity contribution is 5.57. The minimum Gasteiger partial charge on any atom is -0.360 e. The summed E-state index contributed by atoms with van der Waals surface area (Å²) in [6.45, 7) is 4.55. The van der Waals surface area contributed by atoms with E-state index in [1.54, 1.807) is 12.1 Å². The van der Waals surface area contributed by atoms with E-state index in [1.165, 1.54) is 6.07 Å². The van der Waals surface area contributed by atoms with Gasteiger partial charge in [-0.3, -0.25) is 10.1 Å². The van der Waals surface area contributed by atoms with E-state index < -0.39 is 4.92 Å². The molecular formula is C11H14N2O3. The lowest BCUT2D eigenvalue weighted by atomic mass is 10.1. The van der Waals surface area contributed by atoms with Crippen LogP contribution in [0.15, 0.2) is 18.2 Å². The number of fused-ring (bicyclic) bond motifs is 1. The fourth-order valence-corrected chi connectivity index (χ4v) is 1.69. The van der Waals surface area contributed by atoms with Gasteiger partial charge in [0.1, 0.15) is 6.23 Å². The molecule has 1 atom stereocenters. The van der Waals surface area contributed by atoms with Crippen molar-refractivity contribution in [2.75, 3.05) is 5.32 Å². The highest BCUT2D eigenvalue weighted by atomic mass is 16.6. The third kappa shape index (κ3) is 1.99. The Bertz CT molecular complexity index is 418. The van der Waals surface area contributed by atoms with Crippen molar-refractivity contribution in [1.82, 2.24) is 0 Å². The summed E-state index contributed by atoms with van der Waals surface area (Å²) in [5.41, 5.74) is 1.87. The van der Waals surface area contributed by atoms with Crippen molar-refractivity contribution in [3.8, 4) is 0 Å². The third-order valence-electron chi connectivity index (χ3n) is 2.62. The first kappa shape index (κ1) is 10.9. The van der Waals surface area contributed by atoms with Crippen LogP contribution in [0.3, 0.4) is 0 Å². The Morgan fingerprint density at radius 1 is 1.56 bits per heavy atom. The summed E-state index contributed by atoms with van der Waals surface area (Å²) in [6.07, 6.45) is -0.0195. The molecule has 1 aliphatic rings. The van der Waals surface area contributed by atoms with Gasteiger partial charge in [-0.25, -0.2) is 0 Å². The van der Waals surface area contributed by atoms with Gasteiger partial charge in [0.15, 0.2) is 0 Å². The molecule has 0 aliphatic carbocycles. The number of nitrogens with zero attached hydrogens (tertiary/aromatic N) is 1. The molecule has 0 fully saturated rings. The largest absolute Gasteiger partial charge is 0.360 e. The highest BCUT2D eigenvalue weighted by Gasteiger charge is 2.22. The minimum atomic E-state index is -0.394. The number of rotatable bonds is 2. The molecule has 2 rings (SSSR count). The third-order valence-corrected chi connectivity index (χ3v) is 2.62. The maximum Gasteiger partial charge on any atom is 0.269 e. The topological polar surface area (TPSA) is 64.4 Å². The quantitative estimate of drug-likeness (QED) is 0.616. The summed E-state index contributed by atoms with van der Waals surface area (Å²) in [7, 11) is 0. The Hall–Kier alpha value is -1.62. The number of anilines is 1. The molecule has 0 radical (unpaired) electrons. The van der Waals surface area contributed by atoms with E-state index in [0.29, 0.717) is 12.5 Å². The van der Waals surface area contributed by atoms with Crippen LogP contribution < -0.4 is 5.32 Å². The lowest BCUT2D eigenvalue weighted by Gasteiger charge is -2.29. The van der Waals surface area contributed by atoms with Crippen molar-refractivity contribution in [1.29, 1.82) is 0 Å². The smallest absolute Gasteiger partial charge is 0.269 e. The molecule has 0 bridgehead atoms. The van der Waals surface area contributed by atoms with Crippen LogP contribution in [0, 0.1) is 16.0 Å². The molecule has 0 aromatic heterocycles. The Labute approximate surface area is 93.6 Å². The second-order valence-corrected chi connectivity index (χ2v) is 4.22. The Kier molecular flexibility index (Phi) is 2.78. The summed E-state index contributed by atoms with van der Waals surface area (Å²) in [5, 5.41) is 13.8. The number of ether oxygens (including phenoxy) is 1. The monoisotopic (exact) mass is 222 g/mol. The van der Waals surface area contributed by atoms with Gasteiger partial charge in [-0.05, 0) is 12.0 Å². The Morgan fingerprint density at radius 2 is 2.31 bits per heavy atom. The first-order valence-electron chi connectivity index (χ1n) is 5.23. The molecule has 0 spiro atoms. The molecule has 0 saturated carbocycles. The zero-order chi connectivity index (χ0) is 11.7. The fraction of sp³-hybridized carbons (Fsp3) is 0.455. The molecular weight excluding hydrogens is 208 g/mol. The molecule has 1 aliphatic heterocycles. The van der Waals surface area contributed by atoms with Crippen molar-refractivity contribution in [3.63, 3.8) is 0 Å². The van der Waals surface area contributed by atoms with Gasteiger partial charge in [-0.1, -0.05) is 13.8 Å². The van der Waals surface area contributed by atoms with E-state index in [9.17, 15) is 10.1 Å². The maximum absolute atomic E-state index is 10.6. The molecule has 0 amide bonds. The number of nitrogens with one attached hydrogen (secondary N) is 1. The minimum absolute atomic E-state index is 0.0195. The van der Waals surface area contributed by atoms with E-state index in [0.717, 1.165) is 11.3 Å². The van der Waals surface area contributed by atoms with Crippen LogP contribution in [0.4, 0.5) is 11.4 Å². The second kappa shape index (κ2) is 4.09. The number of benzene rings is 1. The van der Waals surface area contributed by atoms with Gasteiger partial charge in [0, 0.05) is 23.4 Å². The molecule has 1 unspecified atom stereocenters. The van der Waals surface area contributed by atoms with Gasteiger partial charge in [0.25, 0.3) is 5.69 Å². The van der Waals surface area contributed by atoms with E-state index in [2.05, 4.69) is 19.2 Å². The van der Waals surface area contributed by atoms with Crippen molar-refractivity contribution in [2.45, 2.75) is 26.7 Å². The summed E-state index contributed by atoms with van der Waals surface area (Å²) in [4.78, 5) is 10.2. The van der Waals surface area contributed by atoms with E-state index in [4.69, 9.17) is 4.74 Å². The maximum atomic E-state index is 10.6. The van der Waals surface area contributed by atoms with E-state index in [-0.39, 0.29) is 11.9 Å². The molecule has 1 aromatic carbocycles. The molecule has 1 N–H and O–H groups in total.